The third kappa shape index (κ3) is 3.93. The van der Waals surface area contributed by atoms with Crippen LogP contribution in [0, 0.1) is 5.92 Å². The third-order valence-corrected chi connectivity index (χ3v) is 4.24. The molecule has 0 saturated heterocycles. The van der Waals surface area contributed by atoms with E-state index in [2.05, 4.69) is 30.4 Å². The van der Waals surface area contributed by atoms with E-state index in [4.69, 9.17) is 4.74 Å². The Kier molecular flexibility index (Phi) is 4.75. The maximum absolute atomic E-state index is 5.24. The van der Waals surface area contributed by atoms with E-state index >= 15 is 0 Å². The summed E-state index contributed by atoms with van der Waals surface area (Å²) in [5.74, 6) is 3.01. The highest BCUT2D eigenvalue weighted by molar-refractivity contribution is 7.99. The van der Waals surface area contributed by atoms with Crippen LogP contribution in [0.1, 0.15) is 19.8 Å². The molecule has 94 valence electrons. The van der Waals surface area contributed by atoms with Crippen molar-refractivity contribution in [2.24, 2.45) is 5.92 Å². The van der Waals surface area contributed by atoms with Gasteiger partial charge in [-0.05, 0) is 43.5 Å². The lowest BCUT2D eigenvalue weighted by molar-refractivity contribution is 0.413. The second-order valence-electron chi connectivity index (χ2n) is 4.49. The molecule has 1 aliphatic carbocycles. The van der Waals surface area contributed by atoms with Gasteiger partial charge in [-0.25, -0.2) is 0 Å². The lowest BCUT2D eigenvalue weighted by Crippen LogP contribution is -2.33. The highest BCUT2D eigenvalue weighted by Gasteiger charge is 2.30. The quantitative estimate of drug-likeness (QED) is 0.752. The molecule has 2 rings (SSSR count). The molecule has 1 atom stereocenters. The van der Waals surface area contributed by atoms with E-state index in [9.17, 15) is 0 Å². The minimum Gasteiger partial charge on any atom is -0.497 e. The first kappa shape index (κ1) is 12.8. The smallest absolute Gasteiger partial charge is 0.119 e. The largest absolute Gasteiger partial charge is 0.497 e. The van der Waals surface area contributed by atoms with E-state index in [0.717, 1.165) is 24.0 Å². The summed E-state index contributed by atoms with van der Waals surface area (Å²) >= 11 is 1.92. The minimum atomic E-state index is 0.677. The fourth-order valence-corrected chi connectivity index (χ4v) is 3.14. The summed E-state index contributed by atoms with van der Waals surface area (Å²) in [5, 5.41) is 3.59. The Balaban J connectivity index is 1.86. The van der Waals surface area contributed by atoms with Gasteiger partial charge in [0.25, 0.3) is 0 Å². The van der Waals surface area contributed by atoms with Gasteiger partial charge < -0.3 is 10.1 Å². The Labute approximate surface area is 108 Å². The van der Waals surface area contributed by atoms with Crippen LogP contribution in [0.5, 0.6) is 5.75 Å². The first-order valence-corrected chi connectivity index (χ1v) is 7.32. The van der Waals surface area contributed by atoms with E-state index in [-0.39, 0.29) is 0 Å². The van der Waals surface area contributed by atoms with Gasteiger partial charge in [0.05, 0.1) is 7.11 Å². The molecule has 3 heteroatoms. The predicted molar refractivity (Wildman–Crippen MR) is 73.9 cm³/mol. The average Bonchev–Trinajstić information content (AvgIpc) is 3.19. The Morgan fingerprint density at radius 2 is 2.29 bits per heavy atom. The molecule has 1 saturated carbocycles. The number of thioether (sulfide) groups is 1. The van der Waals surface area contributed by atoms with Crippen LogP contribution in [0.4, 0.5) is 0 Å². The number of ether oxygens (including phenoxy) is 1. The minimum absolute atomic E-state index is 0.677. The van der Waals surface area contributed by atoms with Crippen molar-refractivity contribution in [1.82, 2.24) is 5.32 Å². The summed E-state index contributed by atoms with van der Waals surface area (Å²) in [6, 6.07) is 8.99. The van der Waals surface area contributed by atoms with Gasteiger partial charge in [-0.2, -0.15) is 0 Å². The van der Waals surface area contributed by atoms with Crippen molar-refractivity contribution >= 4 is 11.8 Å². The molecule has 1 aromatic carbocycles. The molecule has 1 aliphatic rings. The number of nitrogens with one attached hydrogen (secondary N) is 1. The zero-order chi connectivity index (χ0) is 12.1. The summed E-state index contributed by atoms with van der Waals surface area (Å²) in [7, 11) is 1.72. The van der Waals surface area contributed by atoms with Gasteiger partial charge in [0.2, 0.25) is 0 Å². The number of hydrogen-bond acceptors (Lipinski definition) is 3. The molecule has 0 aromatic heterocycles. The van der Waals surface area contributed by atoms with E-state index < -0.39 is 0 Å². The van der Waals surface area contributed by atoms with Crippen LogP contribution in [0.15, 0.2) is 29.2 Å². The summed E-state index contributed by atoms with van der Waals surface area (Å²) in [6.45, 7) is 3.26. The fraction of sp³-hybridized carbons (Fsp3) is 0.571. The molecule has 0 heterocycles. The average molecular weight is 251 g/mol. The molecular formula is C14H21NOS. The monoisotopic (exact) mass is 251 g/mol. The second-order valence-corrected chi connectivity index (χ2v) is 5.59. The van der Waals surface area contributed by atoms with E-state index in [0.29, 0.717) is 6.04 Å². The molecule has 0 amide bonds. The predicted octanol–water partition coefficient (Wildman–Crippen LogP) is 3.18. The molecule has 0 spiro atoms. The molecule has 0 bridgehead atoms. The van der Waals surface area contributed by atoms with Gasteiger partial charge in [-0.15, -0.1) is 11.8 Å². The zero-order valence-electron chi connectivity index (χ0n) is 10.6. The van der Waals surface area contributed by atoms with Gasteiger partial charge >= 0.3 is 0 Å². The maximum Gasteiger partial charge on any atom is 0.119 e. The van der Waals surface area contributed by atoms with Crippen LogP contribution >= 0.6 is 11.8 Å². The number of hydrogen-bond donors (Lipinski definition) is 1. The Morgan fingerprint density at radius 3 is 2.94 bits per heavy atom. The van der Waals surface area contributed by atoms with Crippen molar-refractivity contribution in [3.05, 3.63) is 24.3 Å². The topological polar surface area (TPSA) is 21.3 Å². The molecule has 2 nitrogen and oxygen atoms in total. The molecule has 1 unspecified atom stereocenters. The summed E-state index contributed by atoms with van der Waals surface area (Å²) < 4.78 is 5.24. The Bertz CT molecular complexity index is 352. The fourth-order valence-electron chi connectivity index (χ4n) is 2.00. The molecule has 1 aromatic rings. The normalized spacial score (nSPS) is 16.8. The molecule has 0 radical (unpaired) electrons. The maximum atomic E-state index is 5.24. The lowest BCUT2D eigenvalue weighted by atomic mass is 10.2. The van der Waals surface area contributed by atoms with Crippen molar-refractivity contribution in [1.29, 1.82) is 0 Å². The summed E-state index contributed by atoms with van der Waals surface area (Å²) in [6.07, 6.45) is 2.80. The van der Waals surface area contributed by atoms with Crippen molar-refractivity contribution in [3.8, 4) is 5.75 Å². The van der Waals surface area contributed by atoms with Crippen LogP contribution < -0.4 is 10.1 Å². The summed E-state index contributed by atoms with van der Waals surface area (Å²) in [4.78, 5) is 1.30. The van der Waals surface area contributed by atoms with Crippen LogP contribution in [0.3, 0.4) is 0 Å². The highest BCUT2D eigenvalue weighted by Crippen LogP contribution is 2.35. The van der Waals surface area contributed by atoms with E-state index in [1.807, 2.05) is 17.8 Å². The summed E-state index contributed by atoms with van der Waals surface area (Å²) in [5.41, 5.74) is 0. The van der Waals surface area contributed by atoms with E-state index in [1.54, 1.807) is 7.11 Å². The molecule has 1 fully saturated rings. The van der Waals surface area contributed by atoms with Gasteiger partial charge in [-0.3, -0.25) is 0 Å². The number of benzene rings is 1. The van der Waals surface area contributed by atoms with E-state index in [1.165, 1.54) is 17.7 Å². The Morgan fingerprint density at radius 1 is 1.47 bits per heavy atom. The number of methoxy groups -OCH3 is 1. The van der Waals surface area contributed by atoms with Crippen LogP contribution in [-0.4, -0.2) is 25.4 Å². The van der Waals surface area contributed by atoms with Gasteiger partial charge in [0, 0.05) is 16.7 Å². The van der Waals surface area contributed by atoms with Crippen molar-refractivity contribution in [2.45, 2.75) is 30.7 Å². The first-order chi connectivity index (χ1) is 8.33. The van der Waals surface area contributed by atoms with Crippen molar-refractivity contribution < 1.29 is 4.74 Å². The van der Waals surface area contributed by atoms with Crippen LogP contribution in [0.25, 0.3) is 0 Å². The molecule has 0 aliphatic heterocycles. The number of rotatable bonds is 7. The van der Waals surface area contributed by atoms with Gasteiger partial charge in [-0.1, -0.05) is 13.0 Å². The molecule has 17 heavy (non-hydrogen) atoms. The van der Waals surface area contributed by atoms with Crippen LogP contribution in [-0.2, 0) is 0 Å². The van der Waals surface area contributed by atoms with Crippen LogP contribution in [0.2, 0.25) is 0 Å². The first-order valence-electron chi connectivity index (χ1n) is 6.33. The highest BCUT2D eigenvalue weighted by atomic mass is 32.2. The third-order valence-electron chi connectivity index (χ3n) is 3.13. The molecule has 1 N–H and O–H groups in total. The van der Waals surface area contributed by atoms with Crippen molar-refractivity contribution in [2.75, 3.05) is 19.4 Å². The molecular weight excluding hydrogens is 230 g/mol. The second kappa shape index (κ2) is 6.31. The lowest BCUT2D eigenvalue weighted by Gasteiger charge is -2.16. The van der Waals surface area contributed by atoms with Gasteiger partial charge in [0.1, 0.15) is 5.75 Å². The van der Waals surface area contributed by atoms with Crippen molar-refractivity contribution in [3.63, 3.8) is 0 Å². The SMILES string of the molecule is CCNC(CSc1cccc(OC)c1)C1CC1. The van der Waals surface area contributed by atoms with Gasteiger partial charge in [0.15, 0.2) is 0 Å². The Hall–Kier alpha value is -0.670. The standard InChI is InChI=1S/C14H21NOS/c1-3-15-14(11-7-8-11)10-17-13-6-4-5-12(9-13)16-2/h4-6,9,11,14-15H,3,7-8,10H2,1-2H3. The zero-order valence-corrected chi connectivity index (χ0v) is 11.4.